The molecule has 7 heteroatoms. The maximum atomic E-state index is 12.7. The molecule has 0 bridgehead atoms. The summed E-state index contributed by atoms with van der Waals surface area (Å²) in [7, 11) is -2.23. The SMILES string of the molecule is CON1C(=O)Nc2ccccc2C1CS(=O)(=O)c1ccccc1. The number of rotatable bonds is 4. The van der Waals surface area contributed by atoms with Crippen LogP contribution in [-0.4, -0.2) is 32.4 Å². The topological polar surface area (TPSA) is 75.7 Å². The summed E-state index contributed by atoms with van der Waals surface area (Å²) in [4.78, 5) is 17.4. The van der Waals surface area contributed by atoms with Crippen LogP contribution in [0.2, 0.25) is 0 Å². The van der Waals surface area contributed by atoms with Crippen LogP contribution in [0, 0.1) is 0 Å². The van der Waals surface area contributed by atoms with Crippen LogP contribution in [0.15, 0.2) is 59.5 Å². The molecule has 0 saturated heterocycles. The third kappa shape index (κ3) is 2.93. The standard InChI is InChI=1S/C16H16N2O4S/c1-22-18-15(11-23(20,21)12-7-3-2-4-8-12)13-9-5-6-10-14(13)17-16(18)19/h2-10,15H,11H2,1H3,(H,17,19). The van der Waals surface area contributed by atoms with Crippen molar-refractivity contribution < 1.29 is 18.0 Å². The van der Waals surface area contributed by atoms with E-state index in [-0.39, 0.29) is 10.6 Å². The molecule has 3 rings (SSSR count). The van der Waals surface area contributed by atoms with Crippen molar-refractivity contribution in [1.29, 1.82) is 0 Å². The number of hydrogen-bond acceptors (Lipinski definition) is 4. The Morgan fingerprint density at radius 2 is 1.74 bits per heavy atom. The molecule has 1 aliphatic rings. The maximum Gasteiger partial charge on any atom is 0.346 e. The second kappa shape index (κ2) is 6.02. The molecule has 1 aliphatic heterocycles. The van der Waals surface area contributed by atoms with Crippen molar-refractivity contribution in [2.75, 3.05) is 18.2 Å². The Bertz CT molecular complexity index is 821. The molecule has 1 unspecified atom stereocenters. The third-order valence-corrected chi connectivity index (χ3v) is 5.47. The van der Waals surface area contributed by atoms with E-state index in [2.05, 4.69) is 5.32 Å². The highest BCUT2D eigenvalue weighted by Gasteiger charge is 2.36. The number of benzene rings is 2. The predicted molar refractivity (Wildman–Crippen MR) is 85.5 cm³/mol. The summed E-state index contributed by atoms with van der Waals surface area (Å²) < 4.78 is 25.3. The van der Waals surface area contributed by atoms with Gasteiger partial charge in [0.05, 0.1) is 17.8 Å². The van der Waals surface area contributed by atoms with Crippen LogP contribution in [0.4, 0.5) is 10.5 Å². The fraction of sp³-hybridized carbons (Fsp3) is 0.188. The number of nitrogens with one attached hydrogen (secondary N) is 1. The molecular weight excluding hydrogens is 316 g/mol. The van der Waals surface area contributed by atoms with E-state index in [0.717, 1.165) is 5.06 Å². The van der Waals surface area contributed by atoms with Crippen LogP contribution in [-0.2, 0) is 14.7 Å². The van der Waals surface area contributed by atoms with Gasteiger partial charge >= 0.3 is 6.03 Å². The molecule has 0 aliphatic carbocycles. The Morgan fingerprint density at radius 3 is 2.43 bits per heavy atom. The van der Waals surface area contributed by atoms with Gasteiger partial charge in [-0.25, -0.2) is 13.2 Å². The Balaban J connectivity index is 2.01. The van der Waals surface area contributed by atoms with Gasteiger partial charge in [-0.15, -0.1) is 0 Å². The van der Waals surface area contributed by atoms with Gasteiger partial charge in [-0.3, -0.25) is 4.84 Å². The molecule has 120 valence electrons. The summed E-state index contributed by atoms with van der Waals surface area (Å²) in [6, 6.07) is 14.1. The van der Waals surface area contributed by atoms with Gasteiger partial charge in [0.25, 0.3) is 0 Å². The third-order valence-electron chi connectivity index (χ3n) is 3.72. The Kier molecular flexibility index (Phi) is 4.06. The Labute approximate surface area is 134 Å². The molecule has 2 aromatic carbocycles. The van der Waals surface area contributed by atoms with Crippen LogP contribution in [0.25, 0.3) is 0 Å². The quantitative estimate of drug-likeness (QED) is 0.934. The predicted octanol–water partition coefficient (Wildman–Crippen LogP) is 2.61. The number of amides is 2. The molecule has 0 radical (unpaired) electrons. The lowest BCUT2D eigenvalue weighted by Crippen LogP contribution is -2.44. The highest BCUT2D eigenvalue weighted by molar-refractivity contribution is 7.91. The molecule has 2 aromatic rings. The Morgan fingerprint density at radius 1 is 1.09 bits per heavy atom. The minimum Gasteiger partial charge on any atom is -0.306 e. The molecule has 2 amide bonds. The first-order chi connectivity index (χ1) is 11.0. The maximum absolute atomic E-state index is 12.7. The number of carbonyl (C=O) groups is 1. The van der Waals surface area contributed by atoms with Crippen molar-refractivity contribution in [2.24, 2.45) is 0 Å². The van der Waals surface area contributed by atoms with Crippen molar-refractivity contribution in [2.45, 2.75) is 10.9 Å². The Hall–Kier alpha value is -2.38. The molecule has 1 heterocycles. The summed E-state index contributed by atoms with van der Waals surface area (Å²) in [6.45, 7) is 0. The van der Waals surface area contributed by atoms with Gasteiger partial charge in [0, 0.05) is 11.3 Å². The molecule has 0 fully saturated rings. The van der Waals surface area contributed by atoms with Crippen molar-refractivity contribution in [3.05, 3.63) is 60.2 Å². The summed E-state index contributed by atoms with van der Waals surface area (Å²) in [5.41, 5.74) is 1.30. The normalized spacial score (nSPS) is 17.5. The largest absolute Gasteiger partial charge is 0.346 e. The molecule has 1 N–H and O–H groups in total. The number of para-hydroxylation sites is 1. The van der Waals surface area contributed by atoms with E-state index in [1.807, 2.05) is 0 Å². The first-order valence-electron chi connectivity index (χ1n) is 7.04. The van der Waals surface area contributed by atoms with Gasteiger partial charge < -0.3 is 5.32 Å². The summed E-state index contributed by atoms with van der Waals surface area (Å²) in [5.74, 6) is -0.255. The number of carbonyl (C=O) groups excluding carboxylic acids is 1. The van der Waals surface area contributed by atoms with Gasteiger partial charge in [-0.05, 0) is 18.2 Å². The van der Waals surface area contributed by atoms with Crippen LogP contribution in [0.5, 0.6) is 0 Å². The van der Waals surface area contributed by atoms with Crippen molar-refractivity contribution in [3.63, 3.8) is 0 Å². The van der Waals surface area contributed by atoms with E-state index in [1.165, 1.54) is 7.11 Å². The van der Waals surface area contributed by atoms with Crippen molar-refractivity contribution in [1.82, 2.24) is 5.06 Å². The average molecular weight is 332 g/mol. The van der Waals surface area contributed by atoms with E-state index in [4.69, 9.17) is 4.84 Å². The number of urea groups is 1. The number of anilines is 1. The number of nitrogens with zero attached hydrogens (tertiary/aromatic N) is 1. The summed E-state index contributed by atoms with van der Waals surface area (Å²) in [6.07, 6.45) is 0. The lowest BCUT2D eigenvalue weighted by molar-refractivity contribution is -0.110. The second-order valence-corrected chi connectivity index (χ2v) is 7.17. The summed E-state index contributed by atoms with van der Waals surface area (Å²) >= 11 is 0. The lowest BCUT2D eigenvalue weighted by atomic mass is 10.0. The van der Waals surface area contributed by atoms with Gasteiger partial charge in [0.15, 0.2) is 9.84 Å². The van der Waals surface area contributed by atoms with Crippen molar-refractivity contribution in [3.8, 4) is 0 Å². The van der Waals surface area contributed by atoms with Crippen LogP contribution >= 0.6 is 0 Å². The number of hydrogen-bond donors (Lipinski definition) is 1. The molecular formula is C16H16N2O4S. The first-order valence-corrected chi connectivity index (χ1v) is 8.69. The average Bonchev–Trinajstić information content (AvgIpc) is 2.55. The zero-order valence-corrected chi connectivity index (χ0v) is 13.3. The molecule has 0 saturated carbocycles. The van der Waals surface area contributed by atoms with Gasteiger partial charge in [-0.1, -0.05) is 36.4 Å². The number of hydroxylamine groups is 2. The monoisotopic (exact) mass is 332 g/mol. The van der Waals surface area contributed by atoms with Gasteiger partial charge in [-0.2, -0.15) is 5.06 Å². The molecule has 6 nitrogen and oxygen atoms in total. The molecule has 0 aromatic heterocycles. The van der Waals surface area contributed by atoms with Gasteiger partial charge in [0.2, 0.25) is 0 Å². The van der Waals surface area contributed by atoms with Crippen LogP contribution < -0.4 is 5.32 Å². The van der Waals surface area contributed by atoms with Crippen molar-refractivity contribution >= 4 is 21.6 Å². The minimum absolute atomic E-state index is 0.222. The highest BCUT2D eigenvalue weighted by Crippen LogP contribution is 2.34. The zero-order valence-electron chi connectivity index (χ0n) is 12.5. The number of sulfone groups is 1. The van der Waals surface area contributed by atoms with E-state index in [9.17, 15) is 13.2 Å². The lowest BCUT2D eigenvalue weighted by Gasteiger charge is -2.34. The van der Waals surface area contributed by atoms with Gasteiger partial charge in [0.1, 0.15) is 6.04 Å². The molecule has 0 spiro atoms. The highest BCUT2D eigenvalue weighted by atomic mass is 32.2. The van der Waals surface area contributed by atoms with E-state index in [0.29, 0.717) is 11.3 Å². The van der Waals surface area contributed by atoms with Crippen LogP contribution in [0.3, 0.4) is 0 Å². The van der Waals surface area contributed by atoms with Crippen LogP contribution in [0.1, 0.15) is 11.6 Å². The fourth-order valence-electron chi connectivity index (χ4n) is 2.64. The molecule has 23 heavy (non-hydrogen) atoms. The first kappa shape index (κ1) is 15.5. The van der Waals surface area contributed by atoms with E-state index < -0.39 is 21.9 Å². The molecule has 1 atom stereocenters. The zero-order chi connectivity index (χ0) is 16.4. The fourth-order valence-corrected chi connectivity index (χ4v) is 4.13. The minimum atomic E-state index is -3.57. The summed E-state index contributed by atoms with van der Waals surface area (Å²) in [5, 5.41) is 3.74. The van der Waals surface area contributed by atoms with E-state index >= 15 is 0 Å². The second-order valence-electron chi connectivity index (χ2n) is 5.14. The van der Waals surface area contributed by atoms with E-state index in [1.54, 1.807) is 54.6 Å². The smallest absolute Gasteiger partial charge is 0.306 e. The number of fused-ring (bicyclic) bond motifs is 1.